The lowest BCUT2D eigenvalue weighted by molar-refractivity contribution is 0.363. The molecule has 1 saturated carbocycles. The number of allylic oxidation sites excluding steroid dienone is 2. The summed E-state index contributed by atoms with van der Waals surface area (Å²) in [6.07, 6.45) is 13.0. The third-order valence-electron chi connectivity index (χ3n) is 5.42. The lowest BCUT2D eigenvalue weighted by atomic mass is 9.78. The lowest BCUT2D eigenvalue weighted by Crippen LogP contribution is -2.15. The second-order valence-electron chi connectivity index (χ2n) is 8.41. The summed E-state index contributed by atoms with van der Waals surface area (Å²) in [7, 11) is 0. The van der Waals surface area contributed by atoms with E-state index >= 15 is 0 Å². The van der Waals surface area contributed by atoms with Crippen molar-refractivity contribution in [1.29, 1.82) is 0 Å². The molecule has 0 N–H and O–H groups in total. The summed E-state index contributed by atoms with van der Waals surface area (Å²) in [5, 5.41) is 0. The van der Waals surface area contributed by atoms with Gasteiger partial charge in [-0.15, -0.1) is 0 Å². The van der Waals surface area contributed by atoms with Gasteiger partial charge >= 0.3 is 0 Å². The zero-order valence-corrected chi connectivity index (χ0v) is 15.7. The van der Waals surface area contributed by atoms with Gasteiger partial charge < -0.3 is 0 Å². The molecule has 1 fully saturated rings. The van der Waals surface area contributed by atoms with E-state index < -0.39 is 0 Å². The van der Waals surface area contributed by atoms with Gasteiger partial charge in [-0.3, -0.25) is 0 Å². The van der Waals surface area contributed by atoms with Crippen molar-refractivity contribution in [3.63, 3.8) is 0 Å². The molecule has 0 aromatic rings. The summed E-state index contributed by atoms with van der Waals surface area (Å²) in [5.41, 5.74) is 3.44. The molecule has 0 nitrogen and oxygen atoms in total. The molecule has 124 valence electrons. The molecular formula is C21H40. The van der Waals surface area contributed by atoms with Crippen LogP contribution in [0.1, 0.15) is 99.3 Å². The third kappa shape index (κ3) is 7.02. The zero-order valence-electron chi connectivity index (χ0n) is 15.7. The SMILES string of the molecule is CC(C)=C(CC1CCCC1)C(CCCCC(C)C)C(C)C. The van der Waals surface area contributed by atoms with E-state index in [-0.39, 0.29) is 0 Å². The molecule has 1 unspecified atom stereocenters. The Hall–Kier alpha value is -0.260. The smallest absolute Gasteiger partial charge is 0.0178 e. The van der Waals surface area contributed by atoms with E-state index in [2.05, 4.69) is 41.5 Å². The molecule has 0 bridgehead atoms. The van der Waals surface area contributed by atoms with Crippen LogP contribution >= 0.6 is 0 Å². The Kier molecular flexibility index (Phi) is 8.67. The molecule has 0 saturated heterocycles. The van der Waals surface area contributed by atoms with Gasteiger partial charge in [0.2, 0.25) is 0 Å². The molecule has 21 heavy (non-hydrogen) atoms. The molecule has 1 aliphatic carbocycles. The predicted molar refractivity (Wildman–Crippen MR) is 96.6 cm³/mol. The van der Waals surface area contributed by atoms with E-state index in [1.165, 1.54) is 57.8 Å². The first-order valence-corrected chi connectivity index (χ1v) is 9.58. The maximum Gasteiger partial charge on any atom is -0.0178 e. The fourth-order valence-corrected chi connectivity index (χ4v) is 4.08. The average Bonchev–Trinajstić information content (AvgIpc) is 2.88. The van der Waals surface area contributed by atoms with E-state index in [1.807, 2.05) is 5.57 Å². The highest BCUT2D eigenvalue weighted by Crippen LogP contribution is 2.38. The van der Waals surface area contributed by atoms with Gasteiger partial charge in [0.25, 0.3) is 0 Å². The normalized spacial score (nSPS) is 17.7. The highest BCUT2D eigenvalue weighted by molar-refractivity contribution is 5.15. The molecule has 1 rings (SSSR count). The Labute approximate surface area is 134 Å². The van der Waals surface area contributed by atoms with Crippen molar-refractivity contribution in [3.8, 4) is 0 Å². The molecule has 0 aliphatic heterocycles. The fourth-order valence-electron chi connectivity index (χ4n) is 4.08. The van der Waals surface area contributed by atoms with Crippen LogP contribution in [0.2, 0.25) is 0 Å². The molecule has 0 spiro atoms. The van der Waals surface area contributed by atoms with E-state index in [0.29, 0.717) is 0 Å². The lowest BCUT2D eigenvalue weighted by Gasteiger charge is -2.28. The van der Waals surface area contributed by atoms with Crippen LogP contribution in [0.3, 0.4) is 0 Å². The third-order valence-corrected chi connectivity index (χ3v) is 5.42. The summed E-state index contributed by atoms with van der Waals surface area (Å²) in [4.78, 5) is 0. The molecular weight excluding hydrogens is 252 g/mol. The van der Waals surface area contributed by atoms with Crippen molar-refractivity contribution in [3.05, 3.63) is 11.1 Å². The van der Waals surface area contributed by atoms with Gasteiger partial charge in [0.05, 0.1) is 0 Å². The van der Waals surface area contributed by atoms with Gasteiger partial charge in [-0.25, -0.2) is 0 Å². The molecule has 1 aliphatic rings. The maximum atomic E-state index is 2.44. The first kappa shape index (κ1) is 18.8. The van der Waals surface area contributed by atoms with Crippen LogP contribution in [0.4, 0.5) is 0 Å². The van der Waals surface area contributed by atoms with Crippen LogP contribution in [0.5, 0.6) is 0 Å². The molecule has 0 amide bonds. The second kappa shape index (κ2) is 9.70. The highest BCUT2D eigenvalue weighted by atomic mass is 14.3. The van der Waals surface area contributed by atoms with Crippen LogP contribution in [0.15, 0.2) is 11.1 Å². The summed E-state index contributed by atoms with van der Waals surface area (Å²) in [6, 6.07) is 0. The number of rotatable bonds is 9. The van der Waals surface area contributed by atoms with E-state index in [4.69, 9.17) is 0 Å². The Morgan fingerprint density at radius 2 is 1.48 bits per heavy atom. The highest BCUT2D eigenvalue weighted by Gasteiger charge is 2.24. The topological polar surface area (TPSA) is 0 Å². The largest absolute Gasteiger partial charge is 0.0769 e. The molecule has 0 aromatic carbocycles. The Bertz CT molecular complexity index is 298. The van der Waals surface area contributed by atoms with E-state index in [1.54, 1.807) is 5.57 Å². The van der Waals surface area contributed by atoms with Gasteiger partial charge in [-0.1, -0.05) is 83.8 Å². The quantitative estimate of drug-likeness (QED) is 0.307. The summed E-state index contributed by atoms with van der Waals surface area (Å²) < 4.78 is 0. The van der Waals surface area contributed by atoms with Crippen molar-refractivity contribution < 1.29 is 0 Å². The molecule has 0 radical (unpaired) electrons. The minimum Gasteiger partial charge on any atom is -0.0769 e. The monoisotopic (exact) mass is 292 g/mol. The van der Waals surface area contributed by atoms with Gasteiger partial charge in [-0.2, -0.15) is 0 Å². The van der Waals surface area contributed by atoms with Crippen molar-refractivity contribution >= 4 is 0 Å². The minimum atomic E-state index is 0.801. The van der Waals surface area contributed by atoms with Gasteiger partial charge in [0.1, 0.15) is 0 Å². The van der Waals surface area contributed by atoms with E-state index in [0.717, 1.165) is 23.7 Å². The number of hydrogen-bond acceptors (Lipinski definition) is 0. The van der Waals surface area contributed by atoms with Crippen molar-refractivity contribution in [2.24, 2.45) is 23.7 Å². The number of hydrogen-bond donors (Lipinski definition) is 0. The van der Waals surface area contributed by atoms with Crippen molar-refractivity contribution in [2.45, 2.75) is 99.3 Å². The second-order valence-corrected chi connectivity index (χ2v) is 8.41. The predicted octanol–water partition coefficient (Wildman–Crippen LogP) is 7.39. The Morgan fingerprint density at radius 1 is 0.905 bits per heavy atom. The maximum absolute atomic E-state index is 2.44. The van der Waals surface area contributed by atoms with Gasteiger partial charge in [0.15, 0.2) is 0 Å². The van der Waals surface area contributed by atoms with Crippen LogP contribution in [0, 0.1) is 23.7 Å². The first-order valence-electron chi connectivity index (χ1n) is 9.58. The zero-order chi connectivity index (χ0) is 15.8. The van der Waals surface area contributed by atoms with E-state index in [9.17, 15) is 0 Å². The Balaban J connectivity index is 2.58. The fraction of sp³-hybridized carbons (Fsp3) is 0.905. The number of unbranched alkanes of at least 4 members (excludes halogenated alkanes) is 1. The van der Waals surface area contributed by atoms with Gasteiger partial charge in [0, 0.05) is 0 Å². The van der Waals surface area contributed by atoms with Crippen LogP contribution in [-0.4, -0.2) is 0 Å². The summed E-state index contributed by atoms with van der Waals surface area (Å²) in [6.45, 7) is 14.3. The minimum absolute atomic E-state index is 0.801. The Morgan fingerprint density at radius 3 is 1.95 bits per heavy atom. The van der Waals surface area contributed by atoms with Crippen LogP contribution in [-0.2, 0) is 0 Å². The molecule has 0 heteroatoms. The average molecular weight is 293 g/mol. The molecule has 0 aromatic heterocycles. The van der Waals surface area contributed by atoms with Crippen LogP contribution in [0.25, 0.3) is 0 Å². The molecule has 0 heterocycles. The summed E-state index contributed by atoms with van der Waals surface area (Å²) in [5.74, 6) is 3.49. The van der Waals surface area contributed by atoms with Crippen molar-refractivity contribution in [2.75, 3.05) is 0 Å². The standard InChI is InChI=1S/C21H40/c1-16(2)11-7-10-14-20(17(3)4)21(18(5)6)15-19-12-8-9-13-19/h16-17,19-20H,7-15H2,1-6H3. The van der Waals surface area contributed by atoms with Gasteiger partial charge in [-0.05, 0) is 50.4 Å². The first-order chi connectivity index (χ1) is 9.91. The van der Waals surface area contributed by atoms with Crippen molar-refractivity contribution in [1.82, 2.24) is 0 Å². The summed E-state index contributed by atoms with van der Waals surface area (Å²) >= 11 is 0. The van der Waals surface area contributed by atoms with Crippen LogP contribution < -0.4 is 0 Å². The molecule has 1 atom stereocenters.